The molecular formula is C16H17Cl2NO. The number of hydrogen-bond acceptors (Lipinski definition) is 2. The molecule has 0 amide bonds. The first-order chi connectivity index (χ1) is 9.61. The summed E-state index contributed by atoms with van der Waals surface area (Å²) in [6.45, 7) is 5.58. The van der Waals surface area contributed by atoms with E-state index in [9.17, 15) is 0 Å². The zero-order valence-corrected chi connectivity index (χ0v) is 13.1. The summed E-state index contributed by atoms with van der Waals surface area (Å²) < 4.78 is 5.99. The molecule has 2 aromatic rings. The van der Waals surface area contributed by atoms with Crippen LogP contribution < -0.4 is 10.1 Å². The number of halogens is 2. The third kappa shape index (κ3) is 3.66. The standard InChI is InChI=1S/C16H17Cl2NO/c1-3-19-10-13-14(18)5-4-6-16(13)20-15-8-7-12(17)9-11(15)2/h4-9,19H,3,10H2,1-2H3. The zero-order chi connectivity index (χ0) is 14.5. The van der Waals surface area contributed by atoms with Crippen LogP contribution in [0.15, 0.2) is 36.4 Å². The van der Waals surface area contributed by atoms with Gasteiger partial charge in [0.25, 0.3) is 0 Å². The highest BCUT2D eigenvalue weighted by molar-refractivity contribution is 6.31. The van der Waals surface area contributed by atoms with Gasteiger partial charge in [0.1, 0.15) is 11.5 Å². The molecule has 0 aliphatic carbocycles. The fourth-order valence-electron chi connectivity index (χ4n) is 1.90. The van der Waals surface area contributed by atoms with Gasteiger partial charge in [0.2, 0.25) is 0 Å². The second kappa shape index (κ2) is 6.98. The molecule has 0 aromatic heterocycles. The average molecular weight is 310 g/mol. The maximum absolute atomic E-state index is 6.26. The van der Waals surface area contributed by atoms with E-state index in [1.807, 2.05) is 43.3 Å². The summed E-state index contributed by atoms with van der Waals surface area (Å²) >= 11 is 12.2. The summed E-state index contributed by atoms with van der Waals surface area (Å²) in [4.78, 5) is 0. The van der Waals surface area contributed by atoms with E-state index < -0.39 is 0 Å². The summed E-state index contributed by atoms with van der Waals surface area (Å²) in [5, 5.41) is 4.68. The lowest BCUT2D eigenvalue weighted by molar-refractivity contribution is 0.470. The fraction of sp³-hybridized carbons (Fsp3) is 0.250. The van der Waals surface area contributed by atoms with E-state index in [2.05, 4.69) is 12.2 Å². The van der Waals surface area contributed by atoms with Crippen molar-refractivity contribution in [1.82, 2.24) is 5.32 Å². The maximum Gasteiger partial charge on any atom is 0.133 e. The van der Waals surface area contributed by atoms with Crippen molar-refractivity contribution in [2.45, 2.75) is 20.4 Å². The van der Waals surface area contributed by atoms with Crippen LogP contribution in [0.25, 0.3) is 0 Å². The largest absolute Gasteiger partial charge is 0.457 e. The summed E-state index contributed by atoms with van der Waals surface area (Å²) in [6.07, 6.45) is 0. The molecule has 0 spiro atoms. The molecule has 4 heteroatoms. The van der Waals surface area contributed by atoms with Crippen LogP contribution >= 0.6 is 23.2 Å². The van der Waals surface area contributed by atoms with Gasteiger partial charge in [0, 0.05) is 22.2 Å². The molecule has 2 aromatic carbocycles. The fourth-order valence-corrected chi connectivity index (χ4v) is 2.36. The monoisotopic (exact) mass is 309 g/mol. The molecule has 0 heterocycles. The van der Waals surface area contributed by atoms with E-state index >= 15 is 0 Å². The van der Waals surface area contributed by atoms with Gasteiger partial charge in [-0.05, 0) is 49.4 Å². The quantitative estimate of drug-likeness (QED) is 0.819. The van der Waals surface area contributed by atoms with Crippen LogP contribution in [-0.2, 0) is 6.54 Å². The summed E-state index contributed by atoms with van der Waals surface area (Å²) in [5.41, 5.74) is 1.96. The minimum Gasteiger partial charge on any atom is -0.457 e. The molecule has 1 N–H and O–H groups in total. The lowest BCUT2D eigenvalue weighted by Crippen LogP contribution is -2.12. The van der Waals surface area contributed by atoms with E-state index in [0.717, 1.165) is 29.2 Å². The van der Waals surface area contributed by atoms with Crippen molar-refractivity contribution in [1.29, 1.82) is 0 Å². The first-order valence-corrected chi connectivity index (χ1v) is 7.29. The second-order valence-corrected chi connectivity index (χ2v) is 5.35. The third-order valence-electron chi connectivity index (χ3n) is 2.98. The number of hydrogen-bond donors (Lipinski definition) is 1. The molecule has 0 fully saturated rings. The highest BCUT2D eigenvalue weighted by atomic mass is 35.5. The van der Waals surface area contributed by atoms with Crippen LogP contribution in [0.4, 0.5) is 0 Å². The lowest BCUT2D eigenvalue weighted by Gasteiger charge is -2.14. The number of rotatable bonds is 5. The Morgan fingerprint density at radius 2 is 1.90 bits per heavy atom. The molecule has 2 nitrogen and oxygen atoms in total. The van der Waals surface area contributed by atoms with Crippen molar-refractivity contribution >= 4 is 23.2 Å². The number of benzene rings is 2. The van der Waals surface area contributed by atoms with Gasteiger partial charge in [-0.25, -0.2) is 0 Å². The van der Waals surface area contributed by atoms with Crippen LogP contribution in [0.5, 0.6) is 11.5 Å². The Balaban J connectivity index is 2.30. The predicted octanol–water partition coefficient (Wildman–Crippen LogP) is 5.20. The third-order valence-corrected chi connectivity index (χ3v) is 3.57. The predicted molar refractivity (Wildman–Crippen MR) is 85.1 cm³/mol. The summed E-state index contributed by atoms with van der Waals surface area (Å²) in [5.74, 6) is 1.55. The number of ether oxygens (including phenoxy) is 1. The normalized spacial score (nSPS) is 10.6. The topological polar surface area (TPSA) is 21.3 Å². The highest BCUT2D eigenvalue weighted by Crippen LogP contribution is 2.32. The molecular weight excluding hydrogens is 293 g/mol. The molecule has 0 bridgehead atoms. The van der Waals surface area contributed by atoms with Gasteiger partial charge in [-0.2, -0.15) is 0 Å². The summed E-state index contributed by atoms with van der Waals surface area (Å²) in [7, 11) is 0. The van der Waals surface area contributed by atoms with Crippen molar-refractivity contribution < 1.29 is 4.74 Å². The minimum absolute atomic E-state index is 0.679. The molecule has 0 atom stereocenters. The van der Waals surface area contributed by atoms with Gasteiger partial charge in [-0.15, -0.1) is 0 Å². The van der Waals surface area contributed by atoms with Crippen LogP contribution in [0.1, 0.15) is 18.1 Å². The van der Waals surface area contributed by atoms with Gasteiger partial charge in [0.15, 0.2) is 0 Å². The smallest absolute Gasteiger partial charge is 0.133 e. The first-order valence-electron chi connectivity index (χ1n) is 6.54. The zero-order valence-electron chi connectivity index (χ0n) is 11.5. The Labute approximate surface area is 129 Å². The van der Waals surface area contributed by atoms with Crippen LogP contribution in [0.3, 0.4) is 0 Å². The van der Waals surface area contributed by atoms with E-state index in [-0.39, 0.29) is 0 Å². The first kappa shape index (κ1) is 15.2. The molecule has 0 saturated carbocycles. The minimum atomic E-state index is 0.679. The van der Waals surface area contributed by atoms with E-state index in [1.165, 1.54) is 0 Å². The van der Waals surface area contributed by atoms with Crippen molar-refractivity contribution in [3.63, 3.8) is 0 Å². The molecule has 0 radical (unpaired) electrons. The van der Waals surface area contributed by atoms with E-state index in [1.54, 1.807) is 0 Å². The lowest BCUT2D eigenvalue weighted by atomic mass is 10.2. The van der Waals surface area contributed by atoms with Crippen molar-refractivity contribution in [2.24, 2.45) is 0 Å². The molecule has 0 saturated heterocycles. The second-order valence-electron chi connectivity index (χ2n) is 4.51. The van der Waals surface area contributed by atoms with Crippen molar-refractivity contribution in [3.05, 3.63) is 57.6 Å². The molecule has 20 heavy (non-hydrogen) atoms. The van der Waals surface area contributed by atoms with Gasteiger partial charge in [-0.3, -0.25) is 0 Å². The molecule has 2 rings (SSSR count). The van der Waals surface area contributed by atoms with Crippen LogP contribution in [0, 0.1) is 6.92 Å². The van der Waals surface area contributed by atoms with Crippen molar-refractivity contribution in [3.8, 4) is 11.5 Å². The Kier molecular flexibility index (Phi) is 5.30. The molecule has 0 aliphatic rings. The van der Waals surface area contributed by atoms with Gasteiger partial charge in [-0.1, -0.05) is 36.2 Å². The van der Waals surface area contributed by atoms with E-state index in [0.29, 0.717) is 16.6 Å². The SMILES string of the molecule is CCNCc1c(Cl)cccc1Oc1ccc(Cl)cc1C. The Morgan fingerprint density at radius 3 is 2.60 bits per heavy atom. The van der Waals surface area contributed by atoms with Crippen LogP contribution in [-0.4, -0.2) is 6.54 Å². The highest BCUT2D eigenvalue weighted by Gasteiger charge is 2.10. The van der Waals surface area contributed by atoms with Crippen molar-refractivity contribution in [2.75, 3.05) is 6.54 Å². The maximum atomic E-state index is 6.26. The van der Waals surface area contributed by atoms with Gasteiger partial charge in [0.05, 0.1) is 0 Å². The van der Waals surface area contributed by atoms with Gasteiger partial charge >= 0.3 is 0 Å². The number of nitrogens with one attached hydrogen (secondary N) is 1. The Bertz CT molecular complexity index is 599. The Hall–Kier alpha value is -1.22. The molecule has 0 unspecified atom stereocenters. The average Bonchev–Trinajstić information content (AvgIpc) is 2.41. The Morgan fingerprint density at radius 1 is 1.10 bits per heavy atom. The summed E-state index contributed by atoms with van der Waals surface area (Å²) in [6, 6.07) is 11.3. The molecule has 106 valence electrons. The number of aryl methyl sites for hydroxylation is 1. The van der Waals surface area contributed by atoms with Gasteiger partial charge < -0.3 is 10.1 Å². The van der Waals surface area contributed by atoms with Crippen LogP contribution in [0.2, 0.25) is 10.0 Å². The molecule has 0 aliphatic heterocycles. The van der Waals surface area contributed by atoms with E-state index in [4.69, 9.17) is 27.9 Å².